The monoisotopic (exact) mass is 522 g/mol. The molecule has 38 heavy (non-hydrogen) atoms. The van der Waals surface area contributed by atoms with Crippen LogP contribution in [0.25, 0.3) is 0 Å². The SMILES string of the molecule is COC(=O)c1ccc(NC(=O)c2ccc([N+](=O)[O-])c(OC(C)C)c2OCc2ccccc2)c(OC(C)C)c1. The van der Waals surface area contributed by atoms with E-state index < -0.39 is 22.9 Å². The van der Waals surface area contributed by atoms with Crippen molar-refractivity contribution in [2.75, 3.05) is 12.4 Å². The highest BCUT2D eigenvalue weighted by Gasteiger charge is 2.28. The number of carbonyl (C=O) groups is 2. The van der Waals surface area contributed by atoms with Crippen LogP contribution in [0.5, 0.6) is 17.2 Å². The highest BCUT2D eigenvalue weighted by atomic mass is 16.6. The molecule has 3 rings (SSSR count). The highest BCUT2D eigenvalue weighted by Crippen LogP contribution is 2.41. The average molecular weight is 523 g/mol. The number of nitro benzene ring substituents is 1. The van der Waals surface area contributed by atoms with E-state index in [-0.39, 0.29) is 52.5 Å². The summed E-state index contributed by atoms with van der Waals surface area (Å²) in [5.41, 5.74) is 1.03. The van der Waals surface area contributed by atoms with Gasteiger partial charge in [0.05, 0.1) is 41.1 Å². The molecule has 0 atom stereocenters. The zero-order valence-corrected chi connectivity index (χ0v) is 21.8. The number of nitro groups is 1. The number of carbonyl (C=O) groups excluding carboxylic acids is 2. The zero-order valence-electron chi connectivity index (χ0n) is 21.8. The van der Waals surface area contributed by atoms with Gasteiger partial charge in [0, 0.05) is 6.07 Å². The summed E-state index contributed by atoms with van der Waals surface area (Å²) in [6.45, 7) is 7.09. The number of nitrogens with zero attached hydrogens (tertiary/aromatic N) is 1. The summed E-state index contributed by atoms with van der Waals surface area (Å²) in [7, 11) is 1.27. The number of methoxy groups -OCH3 is 1. The van der Waals surface area contributed by atoms with E-state index in [1.54, 1.807) is 27.7 Å². The Bertz CT molecular complexity index is 1310. The number of anilines is 1. The lowest BCUT2D eigenvalue weighted by molar-refractivity contribution is -0.386. The summed E-state index contributed by atoms with van der Waals surface area (Å²) < 4.78 is 22.3. The zero-order chi connectivity index (χ0) is 27.8. The van der Waals surface area contributed by atoms with Gasteiger partial charge in [-0.15, -0.1) is 0 Å². The quantitative estimate of drug-likeness (QED) is 0.191. The van der Waals surface area contributed by atoms with Crippen LogP contribution in [0.3, 0.4) is 0 Å². The van der Waals surface area contributed by atoms with Gasteiger partial charge >= 0.3 is 11.7 Å². The maximum atomic E-state index is 13.5. The van der Waals surface area contributed by atoms with Gasteiger partial charge < -0.3 is 24.3 Å². The van der Waals surface area contributed by atoms with Crippen molar-refractivity contribution >= 4 is 23.3 Å². The maximum Gasteiger partial charge on any atom is 0.337 e. The predicted molar refractivity (Wildman–Crippen MR) is 141 cm³/mol. The van der Waals surface area contributed by atoms with Crippen LogP contribution in [0.2, 0.25) is 0 Å². The molecule has 0 aliphatic heterocycles. The summed E-state index contributed by atoms with van der Waals surface area (Å²) >= 11 is 0. The van der Waals surface area contributed by atoms with Gasteiger partial charge in [-0.05, 0) is 57.5 Å². The Hall–Kier alpha value is -4.60. The lowest BCUT2D eigenvalue weighted by Gasteiger charge is -2.19. The van der Waals surface area contributed by atoms with Crippen LogP contribution in [0.4, 0.5) is 11.4 Å². The Morgan fingerprint density at radius 3 is 2.21 bits per heavy atom. The van der Waals surface area contributed by atoms with Crippen molar-refractivity contribution < 1.29 is 33.5 Å². The van der Waals surface area contributed by atoms with Gasteiger partial charge in [0.15, 0.2) is 5.75 Å². The Labute approximate surface area is 220 Å². The third kappa shape index (κ3) is 7.00. The van der Waals surface area contributed by atoms with E-state index in [4.69, 9.17) is 18.9 Å². The summed E-state index contributed by atoms with van der Waals surface area (Å²) in [4.78, 5) is 36.7. The molecule has 10 heteroatoms. The molecule has 0 aliphatic rings. The Morgan fingerprint density at radius 2 is 1.61 bits per heavy atom. The number of benzene rings is 3. The van der Waals surface area contributed by atoms with E-state index >= 15 is 0 Å². The van der Waals surface area contributed by atoms with Gasteiger partial charge in [0.25, 0.3) is 5.91 Å². The largest absolute Gasteiger partial charge is 0.489 e. The molecule has 200 valence electrons. The van der Waals surface area contributed by atoms with Crippen LogP contribution in [0, 0.1) is 10.1 Å². The highest BCUT2D eigenvalue weighted by molar-refractivity contribution is 6.08. The molecule has 0 aromatic heterocycles. The summed E-state index contributed by atoms with van der Waals surface area (Å²) in [5, 5.41) is 14.5. The third-order valence-electron chi connectivity index (χ3n) is 5.13. The molecule has 0 spiro atoms. The molecule has 0 heterocycles. The molecule has 0 saturated carbocycles. The van der Waals surface area contributed by atoms with Crippen molar-refractivity contribution in [2.24, 2.45) is 0 Å². The summed E-state index contributed by atoms with van der Waals surface area (Å²) in [6.07, 6.45) is -0.684. The van der Waals surface area contributed by atoms with Crippen molar-refractivity contribution in [1.82, 2.24) is 0 Å². The van der Waals surface area contributed by atoms with Crippen molar-refractivity contribution in [3.8, 4) is 17.2 Å². The topological polar surface area (TPSA) is 126 Å². The molecule has 10 nitrogen and oxygen atoms in total. The second-order valence-corrected chi connectivity index (χ2v) is 8.81. The van der Waals surface area contributed by atoms with Crippen molar-refractivity contribution in [3.05, 3.63) is 87.5 Å². The Kier molecular flexibility index (Phi) is 9.26. The van der Waals surface area contributed by atoms with Crippen LogP contribution in [-0.2, 0) is 11.3 Å². The molecule has 0 fully saturated rings. The Balaban J connectivity index is 2.05. The molecular weight excluding hydrogens is 492 g/mol. The summed E-state index contributed by atoms with van der Waals surface area (Å²) in [5.74, 6) is -1.13. The molecule has 3 aromatic rings. The van der Waals surface area contributed by atoms with Crippen LogP contribution in [0.15, 0.2) is 60.7 Å². The van der Waals surface area contributed by atoms with Crippen LogP contribution in [0.1, 0.15) is 54.0 Å². The van der Waals surface area contributed by atoms with Crippen molar-refractivity contribution in [3.63, 3.8) is 0 Å². The standard InChI is InChI=1S/C28H30N2O8/c1-17(2)37-24-15-20(28(32)35-5)11-13-22(24)29-27(31)21-12-14-23(30(33)34)26(38-18(3)4)25(21)36-16-19-9-7-6-8-10-19/h6-15,17-18H,16H2,1-5H3,(H,29,31). The normalized spacial score (nSPS) is 10.7. The number of esters is 1. The number of hydrogen-bond acceptors (Lipinski definition) is 8. The van der Waals surface area contributed by atoms with Gasteiger partial charge in [-0.2, -0.15) is 0 Å². The van der Waals surface area contributed by atoms with E-state index in [0.717, 1.165) is 5.56 Å². The predicted octanol–water partition coefficient (Wildman–Crippen LogP) is 5.79. The number of amides is 1. The average Bonchev–Trinajstić information content (AvgIpc) is 2.87. The molecule has 0 unspecified atom stereocenters. The lowest BCUT2D eigenvalue weighted by atomic mass is 10.1. The molecular formula is C28H30N2O8. The lowest BCUT2D eigenvalue weighted by Crippen LogP contribution is -2.18. The second-order valence-electron chi connectivity index (χ2n) is 8.81. The fraction of sp³-hybridized carbons (Fsp3) is 0.286. The van der Waals surface area contributed by atoms with Gasteiger partial charge in [-0.1, -0.05) is 30.3 Å². The first-order valence-electron chi connectivity index (χ1n) is 12.0. The smallest absolute Gasteiger partial charge is 0.337 e. The minimum Gasteiger partial charge on any atom is -0.489 e. The van der Waals surface area contributed by atoms with E-state index in [1.807, 2.05) is 30.3 Å². The first-order chi connectivity index (χ1) is 18.1. The fourth-order valence-electron chi connectivity index (χ4n) is 3.51. The fourth-order valence-corrected chi connectivity index (χ4v) is 3.51. The Morgan fingerprint density at radius 1 is 0.921 bits per heavy atom. The van der Waals surface area contributed by atoms with Gasteiger partial charge in [-0.25, -0.2) is 4.79 Å². The molecule has 0 radical (unpaired) electrons. The number of rotatable bonds is 11. The minimum atomic E-state index is -0.615. The van der Waals surface area contributed by atoms with Gasteiger partial charge in [-0.3, -0.25) is 14.9 Å². The van der Waals surface area contributed by atoms with Crippen LogP contribution in [-0.4, -0.2) is 36.1 Å². The maximum absolute atomic E-state index is 13.5. The third-order valence-corrected chi connectivity index (χ3v) is 5.13. The molecule has 0 saturated heterocycles. The van der Waals surface area contributed by atoms with Crippen molar-refractivity contribution in [2.45, 2.75) is 46.5 Å². The molecule has 3 aromatic carbocycles. The second kappa shape index (κ2) is 12.6. The molecule has 0 bridgehead atoms. The number of nitrogens with one attached hydrogen (secondary N) is 1. The van der Waals surface area contributed by atoms with Crippen LogP contribution < -0.4 is 19.5 Å². The van der Waals surface area contributed by atoms with Crippen molar-refractivity contribution in [1.29, 1.82) is 0 Å². The van der Waals surface area contributed by atoms with Gasteiger partial charge in [0.1, 0.15) is 12.4 Å². The van der Waals surface area contributed by atoms with Crippen LogP contribution >= 0.6 is 0 Å². The van der Waals surface area contributed by atoms with Gasteiger partial charge in [0.2, 0.25) is 5.75 Å². The van der Waals surface area contributed by atoms with E-state index in [9.17, 15) is 19.7 Å². The molecule has 1 amide bonds. The molecule has 0 aliphatic carbocycles. The number of hydrogen-bond donors (Lipinski definition) is 1. The first-order valence-corrected chi connectivity index (χ1v) is 12.0. The first kappa shape index (κ1) is 28.0. The molecule has 1 N–H and O–H groups in total. The van der Waals surface area contributed by atoms with E-state index in [1.165, 1.54) is 37.4 Å². The number of ether oxygens (including phenoxy) is 4. The summed E-state index contributed by atoms with van der Waals surface area (Å²) in [6, 6.07) is 16.2. The van der Waals surface area contributed by atoms with E-state index in [0.29, 0.717) is 0 Å². The minimum absolute atomic E-state index is 0.0229. The van der Waals surface area contributed by atoms with E-state index in [2.05, 4.69) is 5.32 Å².